The average molecular weight is 351 g/mol. The van der Waals surface area contributed by atoms with Gasteiger partial charge in [0.25, 0.3) is 5.91 Å². The third-order valence-corrected chi connectivity index (χ3v) is 4.48. The van der Waals surface area contributed by atoms with Gasteiger partial charge in [-0.25, -0.2) is 0 Å². The van der Waals surface area contributed by atoms with Crippen molar-refractivity contribution in [2.45, 2.75) is 6.17 Å². The minimum absolute atomic E-state index is 0.0787. The number of halogens is 1. The van der Waals surface area contributed by atoms with Crippen molar-refractivity contribution in [1.29, 1.82) is 0 Å². The van der Waals surface area contributed by atoms with Gasteiger partial charge in [0.05, 0.1) is 5.56 Å². The van der Waals surface area contributed by atoms with Gasteiger partial charge < -0.3 is 10.4 Å². The lowest BCUT2D eigenvalue weighted by molar-refractivity contribution is 0.0974. The van der Waals surface area contributed by atoms with Crippen LogP contribution in [0.25, 0.3) is 0 Å². The maximum atomic E-state index is 13.2. The van der Waals surface area contributed by atoms with Gasteiger partial charge in [-0.2, -0.15) is 0 Å². The van der Waals surface area contributed by atoms with Crippen LogP contribution in [0.5, 0.6) is 5.75 Å². The largest absolute Gasteiger partial charge is 0.508 e. The zero-order valence-electron chi connectivity index (χ0n) is 13.2. The van der Waals surface area contributed by atoms with Crippen LogP contribution in [0.1, 0.15) is 22.1 Å². The normalized spacial score (nSPS) is 16.3. The van der Waals surface area contributed by atoms with Crippen LogP contribution in [0, 0.1) is 0 Å². The average Bonchev–Trinajstić information content (AvgIpc) is 2.64. The summed E-state index contributed by atoms with van der Waals surface area (Å²) in [5.74, 6) is -0.0556. The molecule has 2 N–H and O–H groups in total. The lowest BCUT2D eigenvalue weighted by Gasteiger charge is -2.38. The molecule has 0 aromatic heterocycles. The van der Waals surface area contributed by atoms with Crippen LogP contribution < -0.4 is 10.2 Å². The molecule has 0 aliphatic carbocycles. The van der Waals surface area contributed by atoms with Crippen LogP contribution in [0.15, 0.2) is 72.8 Å². The van der Waals surface area contributed by atoms with E-state index < -0.39 is 6.17 Å². The number of anilines is 2. The maximum Gasteiger partial charge on any atom is 0.262 e. The molecule has 4 nitrogen and oxygen atoms in total. The second-order valence-electron chi connectivity index (χ2n) is 5.81. The molecular formula is C20H15ClN2O2. The minimum Gasteiger partial charge on any atom is -0.508 e. The van der Waals surface area contributed by atoms with Gasteiger partial charge >= 0.3 is 0 Å². The number of carbonyl (C=O) groups excluding carboxylic acids is 1. The van der Waals surface area contributed by atoms with E-state index in [0.29, 0.717) is 16.1 Å². The highest BCUT2D eigenvalue weighted by Crippen LogP contribution is 2.39. The fraction of sp³-hybridized carbons (Fsp3) is 0.0500. The summed E-state index contributed by atoms with van der Waals surface area (Å²) in [6.45, 7) is 0. The first-order valence-electron chi connectivity index (χ1n) is 7.88. The van der Waals surface area contributed by atoms with Gasteiger partial charge in [-0.3, -0.25) is 9.69 Å². The fourth-order valence-electron chi connectivity index (χ4n) is 3.07. The first kappa shape index (κ1) is 15.5. The number of para-hydroxylation sites is 2. The molecule has 4 rings (SSSR count). The Labute approximate surface area is 150 Å². The lowest BCUT2D eigenvalue weighted by Crippen LogP contribution is -2.43. The van der Waals surface area contributed by atoms with E-state index >= 15 is 0 Å². The van der Waals surface area contributed by atoms with Gasteiger partial charge in [0.1, 0.15) is 11.9 Å². The van der Waals surface area contributed by atoms with Crippen LogP contribution in [-0.2, 0) is 0 Å². The molecule has 1 aliphatic rings. The highest BCUT2D eigenvalue weighted by Gasteiger charge is 2.35. The van der Waals surface area contributed by atoms with E-state index in [1.807, 2.05) is 48.5 Å². The summed E-state index contributed by atoms with van der Waals surface area (Å²) < 4.78 is 0. The molecule has 0 saturated carbocycles. The maximum absolute atomic E-state index is 13.2. The Morgan fingerprint density at radius 2 is 1.68 bits per heavy atom. The van der Waals surface area contributed by atoms with E-state index in [2.05, 4.69) is 5.32 Å². The number of amides is 1. The van der Waals surface area contributed by atoms with Gasteiger partial charge in [-0.05, 0) is 42.5 Å². The van der Waals surface area contributed by atoms with Crippen LogP contribution in [0.4, 0.5) is 11.4 Å². The molecule has 1 aliphatic heterocycles. The van der Waals surface area contributed by atoms with Gasteiger partial charge in [-0.15, -0.1) is 0 Å². The summed E-state index contributed by atoms with van der Waals surface area (Å²) in [7, 11) is 0. The zero-order valence-corrected chi connectivity index (χ0v) is 13.9. The van der Waals surface area contributed by atoms with E-state index in [0.717, 1.165) is 11.4 Å². The molecule has 1 heterocycles. The summed E-state index contributed by atoms with van der Waals surface area (Å²) in [6, 6.07) is 21.5. The third kappa shape index (κ3) is 2.71. The van der Waals surface area contributed by atoms with Crippen molar-refractivity contribution in [2.75, 3.05) is 10.2 Å². The highest BCUT2D eigenvalue weighted by atomic mass is 35.5. The Hall–Kier alpha value is -2.98. The summed E-state index contributed by atoms with van der Waals surface area (Å²) >= 11 is 6.12. The highest BCUT2D eigenvalue weighted by molar-refractivity contribution is 6.30. The van der Waals surface area contributed by atoms with E-state index in [1.165, 1.54) is 6.07 Å². The first-order chi connectivity index (χ1) is 12.1. The molecule has 0 fully saturated rings. The predicted molar refractivity (Wildman–Crippen MR) is 99.2 cm³/mol. The van der Waals surface area contributed by atoms with Crippen molar-refractivity contribution < 1.29 is 9.90 Å². The Balaban J connectivity index is 1.91. The molecule has 0 bridgehead atoms. The number of aromatic hydroxyl groups is 1. The van der Waals surface area contributed by atoms with Gasteiger partial charge in [0.2, 0.25) is 0 Å². The number of fused-ring (bicyclic) bond motifs is 1. The third-order valence-electron chi connectivity index (χ3n) is 4.25. The molecule has 0 radical (unpaired) electrons. The first-order valence-corrected chi connectivity index (χ1v) is 8.25. The molecule has 5 heteroatoms. The standard InChI is InChI=1S/C20H15ClN2O2/c21-13-10-11-18(24)16(12-13)19-22-17-9-5-4-8-15(17)20(25)23(19)14-6-2-1-3-7-14/h1-12,19,22,24H. The second kappa shape index (κ2) is 6.15. The van der Waals surface area contributed by atoms with Gasteiger partial charge in [0, 0.05) is 22.0 Å². The molecular weight excluding hydrogens is 336 g/mol. The molecule has 1 unspecified atom stereocenters. The fourth-order valence-corrected chi connectivity index (χ4v) is 3.25. The van der Waals surface area contributed by atoms with Crippen molar-refractivity contribution in [1.82, 2.24) is 0 Å². The molecule has 3 aromatic carbocycles. The summed E-state index contributed by atoms with van der Waals surface area (Å²) in [5, 5.41) is 14.2. The lowest BCUT2D eigenvalue weighted by atomic mass is 10.0. The van der Waals surface area contributed by atoms with Crippen LogP contribution in [0.3, 0.4) is 0 Å². The Kier molecular flexibility index (Phi) is 3.82. The van der Waals surface area contributed by atoms with Gasteiger partial charge in [0.15, 0.2) is 0 Å². The molecule has 124 valence electrons. The Morgan fingerprint density at radius 1 is 0.960 bits per heavy atom. The van der Waals surface area contributed by atoms with Crippen LogP contribution >= 0.6 is 11.6 Å². The smallest absolute Gasteiger partial charge is 0.262 e. The van der Waals surface area contributed by atoms with E-state index in [-0.39, 0.29) is 11.7 Å². The van der Waals surface area contributed by atoms with Crippen LogP contribution in [0.2, 0.25) is 5.02 Å². The molecule has 1 atom stereocenters. The van der Waals surface area contributed by atoms with E-state index in [1.54, 1.807) is 23.1 Å². The Morgan fingerprint density at radius 3 is 2.48 bits per heavy atom. The number of carbonyl (C=O) groups is 1. The number of benzene rings is 3. The monoisotopic (exact) mass is 350 g/mol. The summed E-state index contributed by atoms with van der Waals surface area (Å²) in [4.78, 5) is 14.8. The SMILES string of the molecule is O=C1c2ccccc2NC(c2cc(Cl)ccc2O)N1c1ccccc1. The molecule has 0 saturated heterocycles. The van der Waals surface area contributed by atoms with Crippen molar-refractivity contribution >= 4 is 28.9 Å². The van der Waals surface area contributed by atoms with Crippen molar-refractivity contribution in [3.63, 3.8) is 0 Å². The number of phenols is 1. The molecule has 3 aromatic rings. The summed E-state index contributed by atoms with van der Waals surface area (Å²) in [5.41, 5.74) is 2.59. The number of nitrogens with one attached hydrogen (secondary N) is 1. The van der Waals surface area contributed by atoms with Crippen molar-refractivity contribution in [2.24, 2.45) is 0 Å². The van der Waals surface area contributed by atoms with E-state index in [9.17, 15) is 9.90 Å². The molecule has 25 heavy (non-hydrogen) atoms. The number of rotatable bonds is 2. The number of nitrogens with zero attached hydrogens (tertiary/aromatic N) is 1. The quantitative estimate of drug-likeness (QED) is 0.697. The number of hydrogen-bond donors (Lipinski definition) is 2. The topological polar surface area (TPSA) is 52.6 Å². The summed E-state index contributed by atoms with van der Waals surface area (Å²) in [6.07, 6.45) is -0.566. The number of hydrogen-bond acceptors (Lipinski definition) is 3. The predicted octanol–water partition coefficient (Wildman–Crippen LogP) is 4.82. The van der Waals surface area contributed by atoms with E-state index in [4.69, 9.17) is 11.6 Å². The molecule has 1 amide bonds. The minimum atomic E-state index is -0.566. The Bertz CT molecular complexity index is 943. The van der Waals surface area contributed by atoms with Gasteiger partial charge in [-0.1, -0.05) is 41.9 Å². The number of phenolic OH excluding ortho intramolecular Hbond substituents is 1. The zero-order chi connectivity index (χ0) is 17.4. The molecule has 0 spiro atoms. The van der Waals surface area contributed by atoms with Crippen molar-refractivity contribution in [3.05, 3.63) is 88.9 Å². The van der Waals surface area contributed by atoms with Crippen LogP contribution in [-0.4, -0.2) is 11.0 Å². The van der Waals surface area contributed by atoms with Crippen molar-refractivity contribution in [3.8, 4) is 5.75 Å². The second-order valence-corrected chi connectivity index (χ2v) is 6.24.